The third kappa shape index (κ3) is 2.94. The van der Waals surface area contributed by atoms with E-state index in [1.807, 2.05) is 0 Å². The van der Waals surface area contributed by atoms with Gasteiger partial charge >= 0.3 is 0 Å². The van der Waals surface area contributed by atoms with E-state index in [2.05, 4.69) is 10.6 Å². The van der Waals surface area contributed by atoms with Crippen molar-refractivity contribution in [3.05, 3.63) is 0 Å². The molecule has 2 heterocycles. The number of rotatable bonds is 2. The van der Waals surface area contributed by atoms with Gasteiger partial charge in [-0.25, -0.2) is 0 Å². The number of nitrogens with one attached hydrogen (secondary N) is 2. The van der Waals surface area contributed by atoms with E-state index in [4.69, 9.17) is 0 Å². The minimum absolute atomic E-state index is 0. The summed E-state index contributed by atoms with van der Waals surface area (Å²) >= 11 is 0. The van der Waals surface area contributed by atoms with Crippen LogP contribution < -0.4 is 10.6 Å². The molecule has 1 amide bonds. The van der Waals surface area contributed by atoms with Gasteiger partial charge in [-0.1, -0.05) is 12.8 Å². The van der Waals surface area contributed by atoms with Gasteiger partial charge in [-0.15, -0.1) is 12.4 Å². The Hall–Kier alpha value is -0.280. The van der Waals surface area contributed by atoms with Gasteiger partial charge in [0.2, 0.25) is 5.91 Å². The lowest BCUT2D eigenvalue weighted by Crippen LogP contribution is -2.49. The molecule has 3 fully saturated rings. The van der Waals surface area contributed by atoms with Gasteiger partial charge in [0.05, 0.1) is 0 Å². The van der Waals surface area contributed by atoms with E-state index in [0.29, 0.717) is 30.0 Å². The molecule has 3 nitrogen and oxygen atoms in total. The largest absolute Gasteiger partial charge is 0.353 e. The third-order valence-electron chi connectivity index (χ3n) is 4.55. The molecule has 3 rings (SSSR count). The molecule has 0 aromatic heterocycles. The van der Waals surface area contributed by atoms with Crippen LogP contribution in [0.4, 0.5) is 0 Å². The second kappa shape index (κ2) is 5.57. The first-order chi connectivity index (χ1) is 7.81. The fourth-order valence-electron chi connectivity index (χ4n) is 3.68. The van der Waals surface area contributed by atoms with Crippen LogP contribution in [0, 0.1) is 5.92 Å². The number of halogens is 1. The number of piperidine rings is 1. The molecule has 3 aliphatic rings. The van der Waals surface area contributed by atoms with Gasteiger partial charge in [0.25, 0.3) is 0 Å². The molecule has 2 bridgehead atoms. The van der Waals surface area contributed by atoms with Gasteiger partial charge in [0, 0.05) is 24.0 Å². The van der Waals surface area contributed by atoms with Crippen LogP contribution in [0.3, 0.4) is 0 Å². The topological polar surface area (TPSA) is 41.1 Å². The summed E-state index contributed by atoms with van der Waals surface area (Å²) in [6.07, 6.45) is 9.63. The van der Waals surface area contributed by atoms with E-state index in [-0.39, 0.29) is 12.4 Å². The molecule has 2 N–H and O–H groups in total. The molecule has 4 heteroatoms. The second-order valence-corrected chi connectivity index (χ2v) is 5.80. The van der Waals surface area contributed by atoms with Crippen LogP contribution in [-0.2, 0) is 4.79 Å². The monoisotopic (exact) mass is 258 g/mol. The zero-order valence-corrected chi connectivity index (χ0v) is 11.1. The predicted molar refractivity (Wildman–Crippen MR) is 70.3 cm³/mol. The lowest BCUT2D eigenvalue weighted by Gasteiger charge is -2.30. The van der Waals surface area contributed by atoms with Crippen molar-refractivity contribution in [2.45, 2.75) is 69.5 Å². The lowest BCUT2D eigenvalue weighted by molar-refractivity contribution is -0.125. The van der Waals surface area contributed by atoms with Gasteiger partial charge in [-0.2, -0.15) is 0 Å². The lowest BCUT2D eigenvalue weighted by atomic mass is 9.98. The standard InChI is InChI=1S/C13H22N2O.ClH/c16-13(9-3-1-2-4-9)15-12-7-10-5-6-11(8-12)14-10;/h9-12,14H,1-8H2,(H,15,16);1H. The number of hydrogen-bond acceptors (Lipinski definition) is 2. The van der Waals surface area contributed by atoms with Crippen LogP contribution in [0.5, 0.6) is 0 Å². The molecule has 17 heavy (non-hydrogen) atoms. The highest BCUT2D eigenvalue weighted by atomic mass is 35.5. The Morgan fingerprint density at radius 2 is 1.59 bits per heavy atom. The quantitative estimate of drug-likeness (QED) is 0.796. The first-order valence-corrected chi connectivity index (χ1v) is 6.87. The molecule has 0 aromatic rings. The number of amides is 1. The van der Waals surface area contributed by atoms with Crippen molar-refractivity contribution in [1.82, 2.24) is 10.6 Å². The minimum atomic E-state index is 0. The summed E-state index contributed by atoms with van der Waals surface area (Å²) in [5, 5.41) is 6.89. The Bertz CT molecular complexity index is 267. The number of carbonyl (C=O) groups excluding carboxylic acids is 1. The second-order valence-electron chi connectivity index (χ2n) is 5.80. The van der Waals surface area contributed by atoms with Crippen molar-refractivity contribution in [2.24, 2.45) is 5.92 Å². The van der Waals surface area contributed by atoms with E-state index >= 15 is 0 Å². The van der Waals surface area contributed by atoms with Crippen molar-refractivity contribution in [3.8, 4) is 0 Å². The summed E-state index contributed by atoms with van der Waals surface area (Å²) in [6, 6.07) is 1.80. The van der Waals surface area contributed by atoms with Gasteiger partial charge in [0.1, 0.15) is 0 Å². The van der Waals surface area contributed by atoms with Crippen molar-refractivity contribution >= 4 is 18.3 Å². The highest BCUT2D eigenvalue weighted by Gasteiger charge is 2.35. The third-order valence-corrected chi connectivity index (χ3v) is 4.55. The molecule has 0 spiro atoms. The van der Waals surface area contributed by atoms with Crippen molar-refractivity contribution < 1.29 is 4.79 Å². The summed E-state index contributed by atoms with van der Waals surface area (Å²) in [5.41, 5.74) is 0. The zero-order valence-electron chi connectivity index (χ0n) is 10.3. The van der Waals surface area contributed by atoms with Gasteiger partial charge in [-0.05, 0) is 38.5 Å². The summed E-state index contributed by atoms with van der Waals surface area (Å²) in [4.78, 5) is 12.0. The molecule has 2 unspecified atom stereocenters. The van der Waals surface area contributed by atoms with Gasteiger partial charge < -0.3 is 10.6 Å². The smallest absolute Gasteiger partial charge is 0.223 e. The molecule has 1 saturated carbocycles. The van der Waals surface area contributed by atoms with Crippen LogP contribution in [0.15, 0.2) is 0 Å². The van der Waals surface area contributed by atoms with Crippen molar-refractivity contribution in [1.29, 1.82) is 0 Å². The maximum Gasteiger partial charge on any atom is 0.223 e. The van der Waals surface area contributed by atoms with E-state index in [1.165, 1.54) is 25.7 Å². The SMILES string of the molecule is Cl.O=C(NC1CC2CCC(C1)N2)C1CCCC1. The molecule has 98 valence electrons. The van der Waals surface area contributed by atoms with E-state index in [0.717, 1.165) is 25.7 Å². The fourth-order valence-corrected chi connectivity index (χ4v) is 3.68. The number of fused-ring (bicyclic) bond motifs is 2. The summed E-state index contributed by atoms with van der Waals surface area (Å²) in [6.45, 7) is 0. The summed E-state index contributed by atoms with van der Waals surface area (Å²) in [5.74, 6) is 0.663. The molecule has 2 aliphatic heterocycles. The fraction of sp³-hybridized carbons (Fsp3) is 0.923. The molecule has 2 atom stereocenters. The molecule has 0 radical (unpaired) electrons. The summed E-state index contributed by atoms with van der Waals surface area (Å²) < 4.78 is 0. The highest BCUT2D eigenvalue weighted by molar-refractivity contribution is 5.85. The molecule has 0 aromatic carbocycles. The Balaban J connectivity index is 0.00000108. The predicted octanol–water partition coefficient (Wildman–Crippen LogP) is 2.00. The first kappa shape index (κ1) is 13.2. The van der Waals surface area contributed by atoms with Crippen LogP contribution >= 0.6 is 12.4 Å². The zero-order chi connectivity index (χ0) is 11.0. The normalized spacial score (nSPS) is 36.6. The molecular formula is C13H23ClN2O. The van der Waals surface area contributed by atoms with E-state index in [1.54, 1.807) is 0 Å². The maximum atomic E-state index is 12.0. The maximum absolute atomic E-state index is 12.0. The number of carbonyl (C=O) groups is 1. The van der Waals surface area contributed by atoms with Crippen LogP contribution in [-0.4, -0.2) is 24.0 Å². The van der Waals surface area contributed by atoms with Crippen LogP contribution in [0.25, 0.3) is 0 Å². The summed E-state index contributed by atoms with van der Waals surface area (Å²) in [7, 11) is 0. The van der Waals surface area contributed by atoms with Crippen molar-refractivity contribution in [3.63, 3.8) is 0 Å². The average molecular weight is 259 g/mol. The Kier molecular flexibility index (Phi) is 4.31. The first-order valence-electron chi connectivity index (χ1n) is 6.87. The molecule has 1 aliphatic carbocycles. The van der Waals surface area contributed by atoms with Crippen LogP contribution in [0.2, 0.25) is 0 Å². The van der Waals surface area contributed by atoms with Crippen LogP contribution in [0.1, 0.15) is 51.4 Å². The van der Waals surface area contributed by atoms with Crippen molar-refractivity contribution in [2.75, 3.05) is 0 Å². The Morgan fingerprint density at radius 3 is 2.18 bits per heavy atom. The Labute approximate surface area is 110 Å². The van der Waals surface area contributed by atoms with E-state index < -0.39 is 0 Å². The van der Waals surface area contributed by atoms with Gasteiger partial charge in [-0.3, -0.25) is 4.79 Å². The van der Waals surface area contributed by atoms with Gasteiger partial charge in [0.15, 0.2) is 0 Å². The molecular weight excluding hydrogens is 236 g/mol. The average Bonchev–Trinajstić information content (AvgIpc) is 2.88. The Morgan fingerprint density at radius 1 is 1.00 bits per heavy atom. The minimum Gasteiger partial charge on any atom is -0.353 e. The highest BCUT2D eigenvalue weighted by Crippen LogP contribution is 2.28. The molecule has 2 saturated heterocycles. The number of hydrogen-bond donors (Lipinski definition) is 2. The van der Waals surface area contributed by atoms with E-state index in [9.17, 15) is 4.79 Å².